The summed E-state index contributed by atoms with van der Waals surface area (Å²) >= 11 is 0. The van der Waals surface area contributed by atoms with E-state index in [-0.39, 0.29) is 12.4 Å². The smallest absolute Gasteiger partial charge is 0.267 e. The summed E-state index contributed by atoms with van der Waals surface area (Å²) in [5, 5.41) is 0. The molecular weight excluding hydrogens is 168 g/mol. The molecule has 0 bridgehead atoms. The zero-order chi connectivity index (χ0) is 8.74. The van der Waals surface area contributed by atoms with Crippen molar-refractivity contribution >= 4 is 10.1 Å². The third-order valence-corrected chi connectivity index (χ3v) is 2.42. The second kappa shape index (κ2) is 5.51. The van der Waals surface area contributed by atoms with E-state index in [1.165, 1.54) is 7.11 Å². The quantitative estimate of drug-likeness (QED) is 0.440. The van der Waals surface area contributed by atoms with Gasteiger partial charge in [0.25, 0.3) is 10.1 Å². The van der Waals surface area contributed by atoms with Gasteiger partial charge in [-0.15, -0.1) is 0 Å². The lowest BCUT2D eigenvalue weighted by Gasteiger charge is -2.01. The fourth-order valence-corrected chi connectivity index (χ4v) is 1.57. The van der Waals surface area contributed by atoms with Crippen LogP contribution < -0.4 is 0 Å². The van der Waals surface area contributed by atoms with Crippen molar-refractivity contribution in [3.63, 3.8) is 0 Å². The Morgan fingerprint density at radius 3 is 2.45 bits per heavy atom. The second-order valence-electron chi connectivity index (χ2n) is 2.01. The molecule has 4 nitrogen and oxygen atoms in total. The number of rotatable bonds is 6. The number of methoxy groups -OCH3 is 1. The average molecular weight is 182 g/mol. The fraction of sp³-hybridized carbons (Fsp3) is 1.00. The first-order valence-corrected chi connectivity index (χ1v) is 5.06. The summed E-state index contributed by atoms with van der Waals surface area (Å²) in [7, 11) is -1.75. The Morgan fingerprint density at radius 1 is 1.36 bits per heavy atom. The van der Waals surface area contributed by atoms with Crippen molar-refractivity contribution < 1.29 is 17.3 Å². The molecule has 0 amide bonds. The Hall–Kier alpha value is -0.130. The van der Waals surface area contributed by atoms with Crippen molar-refractivity contribution in [2.75, 3.05) is 26.1 Å². The van der Waals surface area contributed by atoms with Crippen molar-refractivity contribution in [1.82, 2.24) is 0 Å². The highest BCUT2D eigenvalue weighted by Gasteiger charge is 2.08. The summed E-state index contributed by atoms with van der Waals surface area (Å²) in [5.74, 6) is 0.0364. The molecule has 11 heavy (non-hydrogen) atoms. The van der Waals surface area contributed by atoms with Crippen LogP contribution in [0.2, 0.25) is 0 Å². The normalized spacial score (nSPS) is 11.8. The van der Waals surface area contributed by atoms with Crippen molar-refractivity contribution in [2.24, 2.45) is 0 Å². The monoisotopic (exact) mass is 182 g/mol. The van der Waals surface area contributed by atoms with Crippen molar-refractivity contribution in [2.45, 2.75) is 13.3 Å². The van der Waals surface area contributed by atoms with E-state index in [9.17, 15) is 8.42 Å². The lowest BCUT2D eigenvalue weighted by molar-refractivity contribution is 0.198. The Bertz CT molecular complexity index is 173. The highest BCUT2D eigenvalue weighted by molar-refractivity contribution is 7.86. The van der Waals surface area contributed by atoms with Crippen LogP contribution in [-0.4, -0.2) is 34.5 Å². The largest absolute Gasteiger partial charge is 0.385 e. The first-order chi connectivity index (χ1) is 5.12. The van der Waals surface area contributed by atoms with Gasteiger partial charge in [0.05, 0.1) is 12.4 Å². The summed E-state index contributed by atoms with van der Waals surface area (Å²) in [4.78, 5) is 0. The van der Waals surface area contributed by atoms with Crippen LogP contribution in [-0.2, 0) is 19.0 Å². The van der Waals surface area contributed by atoms with Gasteiger partial charge in [-0.25, -0.2) is 0 Å². The molecule has 0 aromatic heterocycles. The van der Waals surface area contributed by atoms with Gasteiger partial charge < -0.3 is 4.74 Å². The first-order valence-electron chi connectivity index (χ1n) is 3.48. The molecule has 0 spiro atoms. The zero-order valence-corrected chi connectivity index (χ0v) is 7.69. The maximum atomic E-state index is 10.8. The Balaban J connectivity index is 3.56. The molecule has 0 atom stereocenters. The van der Waals surface area contributed by atoms with E-state index in [0.29, 0.717) is 13.0 Å². The van der Waals surface area contributed by atoms with Crippen molar-refractivity contribution in [1.29, 1.82) is 0 Å². The second-order valence-corrected chi connectivity index (χ2v) is 3.77. The maximum absolute atomic E-state index is 10.8. The lowest BCUT2D eigenvalue weighted by Crippen LogP contribution is -2.11. The van der Waals surface area contributed by atoms with E-state index >= 15 is 0 Å². The molecule has 0 unspecified atom stereocenters. The highest BCUT2D eigenvalue weighted by atomic mass is 32.2. The molecular formula is C6H14O4S. The fourth-order valence-electron chi connectivity index (χ4n) is 0.619. The summed E-state index contributed by atoms with van der Waals surface area (Å²) in [6.45, 7) is 2.30. The zero-order valence-electron chi connectivity index (χ0n) is 6.87. The van der Waals surface area contributed by atoms with Crippen molar-refractivity contribution in [3.05, 3.63) is 0 Å². The van der Waals surface area contributed by atoms with Gasteiger partial charge in [-0.05, 0) is 13.3 Å². The number of hydrogen-bond donors (Lipinski definition) is 0. The van der Waals surface area contributed by atoms with E-state index < -0.39 is 10.1 Å². The molecule has 0 aliphatic heterocycles. The van der Waals surface area contributed by atoms with Crippen LogP contribution in [0.5, 0.6) is 0 Å². The van der Waals surface area contributed by atoms with E-state index in [1.807, 2.05) is 0 Å². The predicted octanol–water partition coefficient (Wildman–Crippen LogP) is 0.389. The van der Waals surface area contributed by atoms with Crippen LogP contribution in [0.15, 0.2) is 0 Å². The number of hydrogen-bond acceptors (Lipinski definition) is 4. The van der Waals surface area contributed by atoms with Crippen LogP contribution >= 0.6 is 0 Å². The molecule has 0 saturated heterocycles. The van der Waals surface area contributed by atoms with E-state index in [4.69, 9.17) is 4.74 Å². The molecule has 0 aliphatic carbocycles. The summed E-state index contributed by atoms with van der Waals surface area (Å²) < 4.78 is 30.8. The molecule has 0 fully saturated rings. The van der Waals surface area contributed by atoms with Crippen LogP contribution in [0.1, 0.15) is 13.3 Å². The molecule has 0 saturated carbocycles. The molecule has 0 aromatic carbocycles. The Morgan fingerprint density at radius 2 is 2.00 bits per heavy atom. The third-order valence-electron chi connectivity index (χ3n) is 1.04. The summed E-state index contributed by atoms with van der Waals surface area (Å²) in [5.41, 5.74) is 0. The van der Waals surface area contributed by atoms with E-state index in [0.717, 1.165) is 0 Å². The molecule has 0 rings (SSSR count). The van der Waals surface area contributed by atoms with Gasteiger partial charge in [0.15, 0.2) is 0 Å². The van der Waals surface area contributed by atoms with Crippen LogP contribution in [0, 0.1) is 0 Å². The van der Waals surface area contributed by atoms with Crippen LogP contribution in [0.25, 0.3) is 0 Å². The molecule has 68 valence electrons. The molecule has 0 heterocycles. The highest BCUT2D eigenvalue weighted by Crippen LogP contribution is 1.95. The first kappa shape index (κ1) is 10.9. The molecule has 0 radical (unpaired) electrons. The molecule has 0 N–H and O–H groups in total. The average Bonchev–Trinajstić information content (AvgIpc) is 1.87. The van der Waals surface area contributed by atoms with Gasteiger partial charge in [-0.3, -0.25) is 4.18 Å². The van der Waals surface area contributed by atoms with Crippen LogP contribution in [0.3, 0.4) is 0 Å². The molecule has 5 heteroatoms. The Kier molecular flexibility index (Phi) is 5.45. The van der Waals surface area contributed by atoms with Gasteiger partial charge in [0, 0.05) is 13.7 Å². The van der Waals surface area contributed by atoms with Gasteiger partial charge in [0.1, 0.15) is 0 Å². The lowest BCUT2D eigenvalue weighted by atomic mass is 10.5. The SMILES string of the molecule is CCOS(=O)(=O)CCCOC. The minimum absolute atomic E-state index is 0.0364. The third kappa shape index (κ3) is 6.28. The molecule has 0 aromatic rings. The van der Waals surface area contributed by atoms with Gasteiger partial charge in [-0.1, -0.05) is 0 Å². The topological polar surface area (TPSA) is 52.6 Å². The minimum atomic E-state index is -3.28. The van der Waals surface area contributed by atoms with E-state index in [2.05, 4.69) is 4.18 Å². The van der Waals surface area contributed by atoms with E-state index in [1.54, 1.807) is 6.92 Å². The number of ether oxygens (including phenoxy) is 1. The maximum Gasteiger partial charge on any atom is 0.267 e. The minimum Gasteiger partial charge on any atom is -0.385 e. The van der Waals surface area contributed by atoms with Crippen molar-refractivity contribution in [3.8, 4) is 0 Å². The predicted molar refractivity (Wildman–Crippen MR) is 41.9 cm³/mol. The standard InChI is InChI=1S/C6H14O4S/c1-3-10-11(7,8)6-4-5-9-2/h3-6H2,1-2H3. The summed E-state index contributed by atoms with van der Waals surface area (Å²) in [6.07, 6.45) is 0.485. The molecule has 0 aliphatic rings. The van der Waals surface area contributed by atoms with Gasteiger partial charge in [0.2, 0.25) is 0 Å². The van der Waals surface area contributed by atoms with Gasteiger partial charge in [-0.2, -0.15) is 8.42 Å². The van der Waals surface area contributed by atoms with Crippen LogP contribution in [0.4, 0.5) is 0 Å². The Labute approximate surface area is 67.6 Å². The van der Waals surface area contributed by atoms with Gasteiger partial charge >= 0.3 is 0 Å². The summed E-state index contributed by atoms with van der Waals surface area (Å²) in [6, 6.07) is 0.